The molecule has 0 aliphatic rings. The van der Waals surface area contributed by atoms with Crippen LogP contribution in [0, 0.1) is 0 Å². The highest BCUT2D eigenvalue weighted by Gasteiger charge is 2.09. The lowest BCUT2D eigenvalue weighted by atomic mass is 10.1. The maximum Gasteiger partial charge on any atom is 0.267 e. The zero-order chi connectivity index (χ0) is 22.3. The van der Waals surface area contributed by atoms with Gasteiger partial charge < -0.3 is 10.1 Å². The lowest BCUT2D eigenvalue weighted by Gasteiger charge is -2.10. The van der Waals surface area contributed by atoms with E-state index in [-0.39, 0.29) is 18.0 Å². The molecule has 1 N–H and O–H groups in total. The molecule has 0 aliphatic carbocycles. The summed E-state index contributed by atoms with van der Waals surface area (Å²) in [4.78, 5) is 24.7. The molecule has 0 atom stereocenters. The number of para-hydroxylation sites is 1. The molecular weight excluding hydrogens is 402 g/mol. The number of amides is 1. The van der Waals surface area contributed by atoms with Crippen LogP contribution in [0.4, 0.5) is 5.69 Å². The second kappa shape index (κ2) is 9.75. The molecule has 0 spiro atoms. The molecule has 1 amide bonds. The van der Waals surface area contributed by atoms with Crippen molar-refractivity contribution in [1.82, 2.24) is 9.78 Å². The third-order valence-corrected chi connectivity index (χ3v) is 4.93. The molecule has 0 bridgehead atoms. The van der Waals surface area contributed by atoms with E-state index in [1.807, 2.05) is 54.6 Å². The number of carbonyl (C=O) groups excluding carboxylic acids is 1. The highest BCUT2D eigenvalue weighted by Crippen LogP contribution is 2.22. The third-order valence-electron chi connectivity index (χ3n) is 4.93. The van der Waals surface area contributed by atoms with Gasteiger partial charge >= 0.3 is 0 Å². The molecule has 0 unspecified atom stereocenters. The van der Waals surface area contributed by atoms with E-state index in [0.29, 0.717) is 17.1 Å². The number of hydrogen-bond acceptors (Lipinski definition) is 4. The number of rotatable bonds is 7. The predicted octanol–water partition coefficient (Wildman–Crippen LogP) is 4.90. The largest absolute Gasteiger partial charge is 0.457 e. The summed E-state index contributed by atoms with van der Waals surface area (Å²) in [6.45, 7) is 1.91. The highest BCUT2D eigenvalue weighted by atomic mass is 16.5. The zero-order valence-electron chi connectivity index (χ0n) is 17.7. The lowest BCUT2D eigenvalue weighted by Crippen LogP contribution is -2.29. The summed E-state index contributed by atoms with van der Waals surface area (Å²) in [5, 5.41) is 7.15. The number of benzene rings is 3. The summed E-state index contributed by atoms with van der Waals surface area (Å²) >= 11 is 0. The molecule has 0 aliphatic heterocycles. The molecule has 4 aromatic rings. The van der Waals surface area contributed by atoms with E-state index < -0.39 is 0 Å². The maximum absolute atomic E-state index is 12.5. The van der Waals surface area contributed by atoms with E-state index in [2.05, 4.69) is 17.3 Å². The summed E-state index contributed by atoms with van der Waals surface area (Å²) in [5.74, 6) is 1.06. The Bertz CT molecular complexity index is 1250. The zero-order valence-corrected chi connectivity index (χ0v) is 17.7. The van der Waals surface area contributed by atoms with Gasteiger partial charge in [-0.2, -0.15) is 5.10 Å². The SMILES string of the molecule is CCc1ccc(-c2ccc(=O)n(CC(=O)Nc3ccc(Oc4ccccc4)cc3)n2)cc1. The van der Waals surface area contributed by atoms with Crippen molar-refractivity contribution in [3.05, 3.63) is 107 Å². The van der Waals surface area contributed by atoms with Gasteiger partial charge in [-0.25, -0.2) is 4.68 Å². The number of hydrogen-bond donors (Lipinski definition) is 1. The predicted molar refractivity (Wildman–Crippen MR) is 125 cm³/mol. The number of ether oxygens (including phenoxy) is 1. The van der Waals surface area contributed by atoms with Gasteiger partial charge in [-0.1, -0.05) is 49.4 Å². The van der Waals surface area contributed by atoms with Crippen molar-refractivity contribution in [1.29, 1.82) is 0 Å². The topological polar surface area (TPSA) is 73.2 Å². The van der Waals surface area contributed by atoms with E-state index in [1.165, 1.54) is 16.3 Å². The fourth-order valence-corrected chi connectivity index (χ4v) is 3.19. The van der Waals surface area contributed by atoms with Crippen molar-refractivity contribution in [2.45, 2.75) is 19.9 Å². The van der Waals surface area contributed by atoms with Gasteiger partial charge in [0, 0.05) is 17.3 Å². The minimum absolute atomic E-state index is 0.179. The number of nitrogens with zero attached hydrogens (tertiary/aromatic N) is 2. The van der Waals surface area contributed by atoms with Gasteiger partial charge in [0.2, 0.25) is 5.91 Å². The van der Waals surface area contributed by atoms with E-state index in [0.717, 1.165) is 17.7 Å². The highest BCUT2D eigenvalue weighted by molar-refractivity contribution is 5.90. The summed E-state index contributed by atoms with van der Waals surface area (Å²) < 4.78 is 6.92. The molecule has 1 heterocycles. The first-order chi connectivity index (χ1) is 15.6. The van der Waals surface area contributed by atoms with E-state index in [9.17, 15) is 9.59 Å². The smallest absolute Gasteiger partial charge is 0.267 e. The van der Waals surface area contributed by atoms with Gasteiger partial charge in [-0.3, -0.25) is 9.59 Å². The Morgan fingerprint density at radius 2 is 1.56 bits per heavy atom. The lowest BCUT2D eigenvalue weighted by molar-refractivity contribution is -0.117. The fourth-order valence-electron chi connectivity index (χ4n) is 3.19. The fraction of sp³-hybridized carbons (Fsp3) is 0.115. The monoisotopic (exact) mass is 425 g/mol. The van der Waals surface area contributed by atoms with E-state index >= 15 is 0 Å². The van der Waals surface area contributed by atoms with Crippen molar-refractivity contribution >= 4 is 11.6 Å². The van der Waals surface area contributed by atoms with Gasteiger partial charge in [-0.15, -0.1) is 0 Å². The number of carbonyl (C=O) groups is 1. The number of nitrogens with one attached hydrogen (secondary N) is 1. The van der Waals surface area contributed by atoms with Gasteiger partial charge in [0.1, 0.15) is 18.0 Å². The number of anilines is 1. The summed E-state index contributed by atoms with van der Waals surface area (Å²) in [6, 6.07) is 27.6. The van der Waals surface area contributed by atoms with E-state index in [1.54, 1.807) is 30.3 Å². The van der Waals surface area contributed by atoms with Gasteiger partial charge in [0.15, 0.2) is 0 Å². The molecule has 4 rings (SSSR count). The minimum Gasteiger partial charge on any atom is -0.457 e. The van der Waals surface area contributed by atoms with Crippen LogP contribution in [0.25, 0.3) is 11.3 Å². The molecule has 0 saturated heterocycles. The second-order valence-electron chi connectivity index (χ2n) is 7.25. The standard InChI is InChI=1S/C26H23N3O3/c1-2-19-8-10-20(11-9-19)24-16-17-26(31)29(28-24)18-25(30)27-21-12-14-23(15-13-21)32-22-6-4-3-5-7-22/h3-17H,2,18H2,1H3,(H,27,30). The normalized spacial score (nSPS) is 10.5. The van der Waals surface area contributed by atoms with Crippen LogP contribution in [0.2, 0.25) is 0 Å². The molecule has 0 saturated carbocycles. The summed E-state index contributed by atoms with van der Waals surface area (Å²) in [5.41, 5.74) is 3.03. The average molecular weight is 425 g/mol. The first kappa shape index (κ1) is 21.1. The van der Waals surface area contributed by atoms with Crippen LogP contribution in [0.15, 0.2) is 95.8 Å². The molecule has 160 valence electrons. The third kappa shape index (κ3) is 5.29. The Labute approximate surface area is 186 Å². The Morgan fingerprint density at radius 3 is 2.25 bits per heavy atom. The summed E-state index contributed by atoms with van der Waals surface area (Å²) in [7, 11) is 0. The van der Waals surface area contributed by atoms with Crippen molar-refractivity contribution < 1.29 is 9.53 Å². The molecular formula is C26H23N3O3. The Balaban J connectivity index is 1.41. The van der Waals surface area contributed by atoms with Crippen molar-refractivity contribution in [2.75, 3.05) is 5.32 Å². The van der Waals surface area contributed by atoms with Crippen LogP contribution in [0.5, 0.6) is 11.5 Å². The Hall–Kier alpha value is -4.19. The van der Waals surface area contributed by atoms with Crippen LogP contribution >= 0.6 is 0 Å². The quantitative estimate of drug-likeness (QED) is 0.457. The van der Waals surface area contributed by atoms with E-state index in [4.69, 9.17) is 4.74 Å². The number of aromatic nitrogens is 2. The second-order valence-corrected chi connectivity index (χ2v) is 7.25. The van der Waals surface area contributed by atoms with Gasteiger partial charge in [0.05, 0.1) is 5.69 Å². The molecule has 6 heteroatoms. The average Bonchev–Trinajstić information content (AvgIpc) is 2.82. The first-order valence-electron chi connectivity index (χ1n) is 10.4. The van der Waals surface area contributed by atoms with Crippen LogP contribution in [0.3, 0.4) is 0 Å². The molecule has 32 heavy (non-hydrogen) atoms. The van der Waals surface area contributed by atoms with Gasteiger partial charge in [0.25, 0.3) is 5.56 Å². The Kier molecular flexibility index (Phi) is 6.41. The van der Waals surface area contributed by atoms with Crippen LogP contribution in [-0.4, -0.2) is 15.7 Å². The molecule has 0 fully saturated rings. The number of aryl methyl sites for hydroxylation is 1. The van der Waals surface area contributed by atoms with Crippen molar-refractivity contribution in [2.24, 2.45) is 0 Å². The van der Waals surface area contributed by atoms with Crippen LogP contribution in [-0.2, 0) is 17.8 Å². The summed E-state index contributed by atoms with van der Waals surface area (Å²) in [6.07, 6.45) is 0.951. The van der Waals surface area contributed by atoms with Crippen LogP contribution in [0.1, 0.15) is 12.5 Å². The molecule has 6 nitrogen and oxygen atoms in total. The molecule has 1 aromatic heterocycles. The van der Waals surface area contributed by atoms with Gasteiger partial charge in [-0.05, 0) is 54.4 Å². The maximum atomic E-state index is 12.5. The molecule has 0 radical (unpaired) electrons. The van der Waals surface area contributed by atoms with Crippen LogP contribution < -0.4 is 15.6 Å². The van der Waals surface area contributed by atoms with Crippen molar-refractivity contribution in [3.8, 4) is 22.8 Å². The Morgan fingerprint density at radius 1 is 0.875 bits per heavy atom. The molecule has 3 aromatic carbocycles. The first-order valence-corrected chi connectivity index (χ1v) is 10.4. The minimum atomic E-state index is -0.338. The van der Waals surface area contributed by atoms with Crippen molar-refractivity contribution in [3.63, 3.8) is 0 Å².